The lowest BCUT2D eigenvalue weighted by Gasteiger charge is -2.32. The SMILES string of the molecule is CC1CCN(c2ccc(Nc3cnnc(Nc4c(F)cccc4F)n3)cc2)CC1. The molecule has 0 amide bonds. The van der Waals surface area contributed by atoms with Gasteiger partial charge in [-0.25, -0.2) is 8.78 Å². The second kappa shape index (κ2) is 8.38. The molecule has 4 rings (SSSR count). The summed E-state index contributed by atoms with van der Waals surface area (Å²) in [6, 6.07) is 11.7. The van der Waals surface area contributed by atoms with Crippen LogP contribution in [0.1, 0.15) is 19.8 Å². The first kappa shape index (κ1) is 19.0. The molecule has 150 valence electrons. The number of rotatable bonds is 5. The van der Waals surface area contributed by atoms with Crippen LogP contribution in [0, 0.1) is 17.6 Å². The number of aromatic nitrogens is 3. The first-order chi connectivity index (χ1) is 14.1. The van der Waals surface area contributed by atoms with Crippen LogP contribution < -0.4 is 15.5 Å². The first-order valence-electron chi connectivity index (χ1n) is 9.61. The van der Waals surface area contributed by atoms with Crippen LogP contribution in [0.5, 0.6) is 0 Å². The molecular weight excluding hydrogens is 374 g/mol. The average Bonchev–Trinajstić information content (AvgIpc) is 2.72. The Kier molecular flexibility index (Phi) is 5.50. The summed E-state index contributed by atoms with van der Waals surface area (Å²) in [5, 5.41) is 13.3. The molecule has 29 heavy (non-hydrogen) atoms. The lowest BCUT2D eigenvalue weighted by Crippen LogP contribution is -2.32. The van der Waals surface area contributed by atoms with Crippen LogP contribution in [-0.2, 0) is 0 Å². The maximum Gasteiger partial charge on any atom is 0.249 e. The van der Waals surface area contributed by atoms with E-state index >= 15 is 0 Å². The molecule has 2 N–H and O–H groups in total. The third kappa shape index (κ3) is 4.59. The molecular formula is C21H22F2N6. The zero-order valence-electron chi connectivity index (χ0n) is 16.1. The van der Waals surface area contributed by atoms with Gasteiger partial charge in [0.1, 0.15) is 17.3 Å². The summed E-state index contributed by atoms with van der Waals surface area (Å²) in [5.74, 6) is -0.251. The summed E-state index contributed by atoms with van der Waals surface area (Å²) in [6.45, 7) is 4.45. The van der Waals surface area contributed by atoms with Gasteiger partial charge >= 0.3 is 0 Å². The van der Waals surface area contributed by atoms with E-state index in [0.29, 0.717) is 5.82 Å². The quantitative estimate of drug-likeness (QED) is 0.641. The Morgan fingerprint density at radius 2 is 1.66 bits per heavy atom. The Balaban J connectivity index is 1.44. The van der Waals surface area contributed by atoms with Gasteiger partial charge in [0, 0.05) is 24.5 Å². The Morgan fingerprint density at radius 1 is 0.966 bits per heavy atom. The number of halogens is 2. The van der Waals surface area contributed by atoms with Crippen LogP contribution in [0.2, 0.25) is 0 Å². The maximum absolute atomic E-state index is 13.8. The molecule has 1 aromatic heterocycles. The fourth-order valence-electron chi connectivity index (χ4n) is 3.32. The van der Waals surface area contributed by atoms with E-state index in [9.17, 15) is 8.78 Å². The van der Waals surface area contributed by atoms with Crippen molar-refractivity contribution in [1.82, 2.24) is 15.2 Å². The Labute approximate surface area is 168 Å². The minimum absolute atomic E-state index is 0.00180. The summed E-state index contributed by atoms with van der Waals surface area (Å²) >= 11 is 0. The fraction of sp³-hybridized carbons (Fsp3) is 0.286. The first-order valence-corrected chi connectivity index (χ1v) is 9.61. The van der Waals surface area contributed by atoms with E-state index in [0.717, 1.165) is 36.8 Å². The fourth-order valence-corrected chi connectivity index (χ4v) is 3.32. The van der Waals surface area contributed by atoms with E-state index in [1.54, 1.807) is 0 Å². The van der Waals surface area contributed by atoms with E-state index in [1.165, 1.54) is 30.8 Å². The van der Waals surface area contributed by atoms with Gasteiger partial charge in [0.2, 0.25) is 5.95 Å². The second-order valence-electron chi connectivity index (χ2n) is 7.23. The van der Waals surface area contributed by atoms with Crippen molar-refractivity contribution in [3.63, 3.8) is 0 Å². The highest BCUT2D eigenvalue weighted by atomic mass is 19.1. The summed E-state index contributed by atoms with van der Waals surface area (Å²) < 4.78 is 27.6. The number of hydrogen-bond acceptors (Lipinski definition) is 6. The smallest absolute Gasteiger partial charge is 0.249 e. The van der Waals surface area contributed by atoms with E-state index in [1.807, 2.05) is 12.1 Å². The predicted octanol–water partition coefficient (Wildman–Crippen LogP) is 4.87. The molecule has 1 aliphatic rings. The Bertz CT molecular complexity index is 951. The van der Waals surface area contributed by atoms with Gasteiger partial charge in [-0.3, -0.25) is 0 Å². The standard InChI is InChI=1S/C21H22F2N6/c1-14-9-11-29(12-10-14)16-7-5-15(6-8-16)25-19-13-24-28-21(26-19)27-20-17(22)3-2-4-18(20)23/h2-8,13-14H,9-12H2,1H3,(H2,25,26,27,28). The van der Waals surface area contributed by atoms with Gasteiger partial charge in [-0.2, -0.15) is 10.1 Å². The minimum Gasteiger partial charge on any atom is -0.372 e. The number of nitrogens with one attached hydrogen (secondary N) is 2. The van der Waals surface area contributed by atoms with Crippen LogP contribution in [0.4, 0.5) is 37.6 Å². The number of nitrogens with zero attached hydrogens (tertiary/aromatic N) is 4. The molecule has 0 radical (unpaired) electrons. The Morgan fingerprint density at radius 3 is 2.34 bits per heavy atom. The van der Waals surface area contributed by atoms with E-state index in [4.69, 9.17) is 0 Å². The number of hydrogen-bond donors (Lipinski definition) is 2. The lowest BCUT2D eigenvalue weighted by atomic mass is 9.99. The van der Waals surface area contributed by atoms with Crippen LogP contribution in [0.15, 0.2) is 48.7 Å². The molecule has 0 aliphatic carbocycles. The normalized spacial score (nSPS) is 14.7. The third-order valence-corrected chi connectivity index (χ3v) is 5.05. The average molecular weight is 396 g/mol. The van der Waals surface area contributed by atoms with Crippen molar-refractivity contribution in [2.45, 2.75) is 19.8 Å². The van der Waals surface area contributed by atoms with Crippen molar-refractivity contribution in [3.8, 4) is 0 Å². The number of benzene rings is 2. The van der Waals surface area contributed by atoms with E-state index in [-0.39, 0.29) is 11.6 Å². The van der Waals surface area contributed by atoms with Crippen LogP contribution >= 0.6 is 0 Å². The minimum atomic E-state index is -0.727. The lowest BCUT2D eigenvalue weighted by molar-refractivity contribution is 0.438. The molecule has 6 nitrogen and oxygen atoms in total. The molecule has 1 fully saturated rings. The van der Waals surface area contributed by atoms with Crippen LogP contribution in [0.3, 0.4) is 0 Å². The van der Waals surface area contributed by atoms with Gasteiger partial charge < -0.3 is 15.5 Å². The molecule has 8 heteroatoms. The molecule has 0 atom stereocenters. The van der Waals surface area contributed by atoms with Crippen molar-refractivity contribution < 1.29 is 8.78 Å². The van der Waals surface area contributed by atoms with Crippen molar-refractivity contribution in [3.05, 3.63) is 60.3 Å². The summed E-state index contributed by atoms with van der Waals surface area (Å²) in [7, 11) is 0. The van der Waals surface area contributed by atoms with Crippen molar-refractivity contribution in [2.24, 2.45) is 5.92 Å². The molecule has 3 aromatic rings. The van der Waals surface area contributed by atoms with Gasteiger partial charge in [0.05, 0.1) is 6.20 Å². The number of anilines is 5. The summed E-state index contributed by atoms with van der Waals surface area (Å²) in [5.41, 5.74) is 1.72. The molecule has 0 bridgehead atoms. The monoisotopic (exact) mass is 396 g/mol. The maximum atomic E-state index is 13.8. The molecule has 1 aliphatic heterocycles. The highest BCUT2D eigenvalue weighted by Gasteiger charge is 2.16. The largest absolute Gasteiger partial charge is 0.372 e. The molecule has 0 unspecified atom stereocenters. The summed E-state index contributed by atoms with van der Waals surface area (Å²) in [6.07, 6.45) is 3.87. The van der Waals surface area contributed by atoms with E-state index < -0.39 is 11.6 Å². The highest BCUT2D eigenvalue weighted by Crippen LogP contribution is 2.26. The van der Waals surface area contributed by atoms with Gasteiger partial charge in [-0.05, 0) is 55.2 Å². The van der Waals surface area contributed by atoms with Crippen LogP contribution in [0.25, 0.3) is 0 Å². The van der Waals surface area contributed by atoms with Crippen molar-refractivity contribution in [1.29, 1.82) is 0 Å². The highest BCUT2D eigenvalue weighted by molar-refractivity contribution is 5.62. The zero-order valence-corrected chi connectivity index (χ0v) is 16.1. The molecule has 2 aromatic carbocycles. The molecule has 0 saturated carbocycles. The zero-order chi connectivity index (χ0) is 20.2. The van der Waals surface area contributed by atoms with Gasteiger partial charge in [-0.15, -0.1) is 5.10 Å². The predicted molar refractivity (Wildman–Crippen MR) is 110 cm³/mol. The number of piperidine rings is 1. The van der Waals surface area contributed by atoms with Gasteiger partial charge in [-0.1, -0.05) is 13.0 Å². The van der Waals surface area contributed by atoms with Crippen LogP contribution in [-0.4, -0.2) is 28.3 Å². The molecule has 2 heterocycles. The molecule has 0 spiro atoms. The Hall–Kier alpha value is -3.29. The van der Waals surface area contributed by atoms with E-state index in [2.05, 4.69) is 49.8 Å². The third-order valence-electron chi connectivity index (χ3n) is 5.05. The number of para-hydroxylation sites is 1. The summed E-state index contributed by atoms with van der Waals surface area (Å²) in [4.78, 5) is 6.62. The second-order valence-corrected chi connectivity index (χ2v) is 7.23. The molecule has 1 saturated heterocycles. The van der Waals surface area contributed by atoms with Gasteiger partial charge in [0.15, 0.2) is 5.82 Å². The topological polar surface area (TPSA) is 66.0 Å². The van der Waals surface area contributed by atoms with Gasteiger partial charge in [0.25, 0.3) is 0 Å². The van der Waals surface area contributed by atoms with Crippen molar-refractivity contribution in [2.75, 3.05) is 28.6 Å². The van der Waals surface area contributed by atoms with Crippen molar-refractivity contribution >= 4 is 28.8 Å².